The van der Waals surface area contributed by atoms with Gasteiger partial charge < -0.3 is 9.26 Å². The first-order chi connectivity index (χ1) is 13.2. The van der Waals surface area contributed by atoms with E-state index in [0.29, 0.717) is 24.7 Å². The van der Waals surface area contributed by atoms with E-state index in [1.54, 1.807) is 18.4 Å². The molecule has 0 amide bonds. The van der Waals surface area contributed by atoms with Crippen LogP contribution in [0.25, 0.3) is 0 Å². The Balaban J connectivity index is 1.42. The molecule has 4 rings (SSSR count). The van der Waals surface area contributed by atoms with Crippen molar-refractivity contribution in [2.75, 3.05) is 13.7 Å². The molecule has 142 valence electrons. The molecule has 1 aromatic carbocycles. The minimum absolute atomic E-state index is 0.107. The highest BCUT2D eigenvalue weighted by molar-refractivity contribution is 7.09. The molecule has 1 atom stereocenters. The number of methoxy groups -OCH3 is 1. The Morgan fingerprint density at radius 2 is 2.15 bits per heavy atom. The lowest BCUT2D eigenvalue weighted by Crippen LogP contribution is -2.23. The van der Waals surface area contributed by atoms with Gasteiger partial charge in [0.05, 0.1) is 24.8 Å². The predicted molar refractivity (Wildman–Crippen MR) is 98.7 cm³/mol. The predicted octanol–water partition coefficient (Wildman–Crippen LogP) is 3.74. The first kappa shape index (κ1) is 18.2. The minimum Gasteiger partial charge on any atom is -0.378 e. The van der Waals surface area contributed by atoms with E-state index in [-0.39, 0.29) is 11.9 Å². The average molecular weight is 388 g/mol. The maximum atomic E-state index is 13.1. The quantitative estimate of drug-likeness (QED) is 0.614. The van der Waals surface area contributed by atoms with Gasteiger partial charge in [0, 0.05) is 19.0 Å². The lowest BCUT2D eigenvalue weighted by molar-refractivity contribution is 0.184. The van der Waals surface area contributed by atoms with Crippen LogP contribution in [0, 0.1) is 5.82 Å². The third-order valence-corrected chi connectivity index (χ3v) is 5.51. The molecule has 1 aliphatic rings. The van der Waals surface area contributed by atoms with E-state index in [1.807, 2.05) is 17.5 Å². The van der Waals surface area contributed by atoms with Gasteiger partial charge in [-0.1, -0.05) is 17.3 Å². The van der Waals surface area contributed by atoms with Crippen LogP contribution in [0.5, 0.6) is 0 Å². The molecule has 1 unspecified atom stereocenters. The van der Waals surface area contributed by atoms with E-state index in [9.17, 15) is 4.39 Å². The zero-order valence-corrected chi connectivity index (χ0v) is 15.9. The highest BCUT2D eigenvalue weighted by Gasteiger charge is 2.30. The fourth-order valence-corrected chi connectivity index (χ4v) is 4.14. The SMILES string of the molecule is COCc1nc(Cc2noc(C3CCCN3Cc3ccc(F)cc3)n2)cs1. The summed E-state index contributed by atoms with van der Waals surface area (Å²) < 4.78 is 23.8. The monoisotopic (exact) mass is 388 g/mol. The summed E-state index contributed by atoms with van der Waals surface area (Å²) in [6.45, 7) is 2.23. The minimum atomic E-state index is -0.214. The summed E-state index contributed by atoms with van der Waals surface area (Å²) in [5, 5.41) is 7.08. The summed E-state index contributed by atoms with van der Waals surface area (Å²) in [6.07, 6.45) is 2.61. The number of rotatable bonds is 7. The molecule has 2 aromatic heterocycles. The molecule has 0 bridgehead atoms. The van der Waals surface area contributed by atoms with Gasteiger partial charge in [0.1, 0.15) is 10.8 Å². The molecular weight excluding hydrogens is 367 g/mol. The summed E-state index contributed by atoms with van der Waals surface area (Å²) in [6, 6.07) is 6.75. The van der Waals surface area contributed by atoms with Crippen molar-refractivity contribution < 1.29 is 13.7 Å². The Labute approximate surface area is 161 Å². The number of likely N-dealkylation sites (tertiary alicyclic amines) is 1. The first-order valence-corrected chi connectivity index (χ1v) is 9.82. The van der Waals surface area contributed by atoms with Gasteiger partial charge in [-0.3, -0.25) is 4.90 Å². The Morgan fingerprint density at radius 3 is 2.96 bits per heavy atom. The second-order valence-electron chi connectivity index (χ2n) is 6.65. The molecule has 3 heterocycles. The van der Waals surface area contributed by atoms with Crippen LogP contribution in [-0.2, 0) is 24.3 Å². The summed E-state index contributed by atoms with van der Waals surface area (Å²) in [5.41, 5.74) is 2.00. The van der Waals surface area contributed by atoms with E-state index in [2.05, 4.69) is 20.0 Å². The molecule has 0 N–H and O–H groups in total. The normalized spacial score (nSPS) is 17.6. The fourth-order valence-electron chi connectivity index (χ4n) is 3.38. The van der Waals surface area contributed by atoms with E-state index in [0.717, 1.165) is 42.2 Å². The third-order valence-electron chi connectivity index (χ3n) is 4.64. The van der Waals surface area contributed by atoms with Crippen LogP contribution in [0.1, 0.15) is 46.9 Å². The average Bonchev–Trinajstić information content (AvgIpc) is 3.39. The summed E-state index contributed by atoms with van der Waals surface area (Å²) in [4.78, 5) is 11.4. The first-order valence-electron chi connectivity index (χ1n) is 8.94. The number of hydrogen-bond donors (Lipinski definition) is 0. The van der Waals surface area contributed by atoms with E-state index in [1.165, 1.54) is 12.1 Å². The van der Waals surface area contributed by atoms with Crippen molar-refractivity contribution in [2.24, 2.45) is 0 Å². The fraction of sp³-hybridized carbons (Fsp3) is 0.421. The second-order valence-corrected chi connectivity index (χ2v) is 7.59. The molecule has 0 radical (unpaired) electrons. The number of halogens is 1. The summed E-state index contributed by atoms with van der Waals surface area (Å²) in [5.74, 6) is 1.08. The van der Waals surface area contributed by atoms with Crippen molar-refractivity contribution in [1.29, 1.82) is 0 Å². The van der Waals surface area contributed by atoms with Crippen molar-refractivity contribution >= 4 is 11.3 Å². The van der Waals surface area contributed by atoms with Crippen LogP contribution in [0.3, 0.4) is 0 Å². The standard InChI is InChI=1S/C19H21FN4O2S/c1-25-11-18-21-15(12-27-18)9-17-22-19(26-23-17)16-3-2-8-24(16)10-13-4-6-14(20)7-5-13/h4-7,12,16H,2-3,8-11H2,1H3. The lowest BCUT2D eigenvalue weighted by Gasteiger charge is -2.21. The van der Waals surface area contributed by atoms with Gasteiger partial charge in [-0.05, 0) is 37.1 Å². The van der Waals surface area contributed by atoms with E-state index >= 15 is 0 Å². The number of ether oxygens (including phenoxy) is 1. The molecule has 8 heteroatoms. The molecule has 0 spiro atoms. The molecule has 1 aliphatic heterocycles. The van der Waals surface area contributed by atoms with Crippen LogP contribution < -0.4 is 0 Å². The summed E-state index contributed by atoms with van der Waals surface area (Å²) >= 11 is 1.57. The number of thiazole rings is 1. The molecular formula is C19H21FN4O2S. The van der Waals surface area contributed by atoms with Gasteiger partial charge in [-0.25, -0.2) is 9.37 Å². The highest BCUT2D eigenvalue weighted by atomic mass is 32.1. The Bertz CT molecular complexity index is 880. The Hall–Kier alpha value is -2.16. The van der Waals surface area contributed by atoms with Crippen LogP contribution in [0.2, 0.25) is 0 Å². The zero-order chi connectivity index (χ0) is 18.6. The molecule has 3 aromatic rings. The number of benzene rings is 1. The van der Waals surface area contributed by atoms with Crippen molar-refractivity contribution in [1.82, 2.24) is 20.0 Å². The van der Waals surface area contributed by atoms with Crippen LogP contribution in [-0.4, -0.2) is 33.7 Å². The smallest absolute Gasteiger partial charge is 0.244 e. The summed E-state index contributed by atoms with van der Waals surface area (Å²) in [7, 11) is 1.66. The maximum Gasteiger partial charge on any atom is 0.244 e. The van der Waals surface area contributed by atoms with Crippen molar-refractivity contribution in [2.45, 2.75) is 38.5 Å². The highest BCUT2D eigenvalue weighted by Crippen LogP contribution is 2.32. The van der Waals surface area contributed by atoms with Crippen LogP contribution in [0.15, 0.2) is 34.2 Å². The van der Waals surface area contributed by atoms with Crippen molar-refractivity contribution in [3.05, 3.63) is 63.4 Å². The molecule has 27 heavy (non-hydrogen) atoms. The van der Waals surface area contributed by atoms with Crippen LogP contribution in [0.4, 0.5) is 4.39 Å². The third kappa shape index (κ3) is 4.40. The van der Waals surface area contributed by atoms with Gasteiger partial charge in [0.2, 0.25) is 5.89 Å². The van der Waals surface area contributed by atoms with Gasteiger partial charge >= 0.3 is 0 Å². The topological polar surface area (TPSA) is 64.3 Å². The second kappa shape index (κ2) is 8.24. The molecule has 1 saturated heterocycles. The van der Waals surface area contributed by atoms with Crippen molar-refractivity contribution in [3.8, 4) is 0 Å². The molecule has 1 fully saturated rings. The van der Waals surface area contributed by atoms with Gasteiger partial charge in [-0.2, -0.15) is 4.98 Å². The van der Waals surface area contributed by atoms with E-state index < -0.39 is 0 Å². The number of hydrogen-bond acceptors (Lipinski definition) is 7. The molecule has 0 saturated carbocycles. The maximum absolute atomic E-state index is 13.1. The number of aromatic nitrogens is 3. The van der Waals surface area contributed by atoms with Crippen molar-refractivity contribution in [3.63, 3.8) is 0 Å². The zero-order valence-electron chi connectivity index (χ0n) is 15.1. The van der Waals surface area contributed by atoms with Gasteiger partial charge in [0.15, 0.2) is 5.82 Å². The van der Waals surface area contributed by atoms with Crippen LogP contribution >= 0.6 is 11.3 Å². The lowest BCUT2D eigenvalue weighted by atomic mass is 10.2. The molecule has 6 nitrogen and oxygen atoms in total. The Morgan fingerprint density at radius 1 is 1.30 bits per heavy atom. The van der Waals surface area contributed by atoms with Gasteiger partial charge in [0.25, 0.3) is 0 Å². The largest absolute Gasteiger partial charge is 0.378 e. The van der Waals surface area contributed by atoms with Gasteiger partial charge in [-0.15, -0.1) is 11.3 Å². The van der Waals surface area contributed by atoms with E-state index in [4.69, 9.17) is 9.26 Å². The Kier molecular flexibility index (Phi) is 5.56. The number of nitrogens with zero attached hydrogens (tertiary/aromatic N) is 4. The molecule has 0 aliphatic carbocycles.